The number of rotatable bonds is 6. The van der Waals surface area contributed by atoms with E-state index in [-0.39, 0.29) is 24.1 Å². The first-order valence-electron chi connectivity index (χ1n) is 10.1. The van der Waals surface area contributed by atoms with Crippen molar-refractivity contribution in [2.75, 3.05) is 25.1 Å². The van der Waals surface area contributed by atoms with E-state index in [1.165, 1.54) is 28.7 Å². The van der Waals surface area contributed by atoms with Gasteiger partial charge in [-0.25, -0.2) is 4.98 Å². The van der Waals surface area contributed by atoms with E-state index in [9.17, 15) is 9.59 Å². The van der Waals surface area contributed by atoms with Gasteiger partial charge in [-0.05, 0) is 43.9 Å². The van der Waals surface area contributed by atoms with Crippen LogP contribution in [0.5, 0.6) is 5.75 Å². The highest BCUT2D eigenvalue weighted by atomic mass is 32.1. The topological polar surface area (TPSA) is 89.3 Å². The zero-order valence-electron chi connectivity index (χ0n) is 17.1. The van der Waals surface area contributed by atoms with Crippen LogP contribution in [0.1, 0.15) is 37.8 Å². The Bertz CT molecular complexity index is 1100. The second-order valence-corrected chi connectivity index (χ2v) is 8.42. The third-order valence-corrected chi connectivity index (χ3v) is 6.38. The Kier molecular flexibility index (Phi) is 5.98. The third kappa shape index (κ3) is 4.30. The van der Waals surface area contributed by atoms with Crippen LogP contribution in [-0.4, -0.2) is 40.6 Å². The van der Waals surface area contributed by atoms with Gasteiger partial charge in [0, 0.05) is 13.1 Å². The van der Waals surface area contributed by atoms with Crippen molar-refractivity contribution in [2.45, 2.75) is 38.8 Å². The summed E-state index contributed by atoms with van der Waals surface area (Å²) < 4.78 is 7.07. The number of hydrogen-bond acceptors (Lipinski definition) is 7. The van der Waals surface area contributed by atoms with Gasteiger partial charge in [-0.1, -0.05) is 23.5 Å². The average Bonchev–Trinajstić information content (AvgIpc) is 3.21. The summed E-state index contributed by atoms with van der Waals surface area (Å²) in [5, 5.41) is 3.76. The first-order valence-corrected chi connectivity index (χ1v) is 10.9. The van der Waals surface area contributed by atoms with Crippen molar-refractivity contribution in [3.8, 4) is 5.75 Å². The largest absolute Gasteiger partial charge is 0.497 e. The van der Waals surface area contributed by atoms with E-state index in [1.807, 2.05) is 31.2 Å². The van der Waals surface area contributed by atoms with Gasteiger partial charge in [-0.15, -0.1) is 0 Å². The molecule has 2 aromatic heterocycles. The Balaban J connectivity index is 1.48. The molecule has 0 saturated carbocycles. The molecule has 1 fully saturated rings. The molecule has 1 aliphatic heterocycles. The van der Waals surface area contributed by atoms with Gasteiger partial charge in [0.2, 0.25) is 5.91 Å². The zero-order valence-corrected chi connectivity index (χ0v) is 17.9. The molecule has 1 aromatic carbocycles. The second kappa shape index (κ2) is 8.83. The number of amides is 1. The number of hydrogen-bond donors (Lipinski definition) is 1. The minimum Gasteiger partial charge on any atom is -0.497 e. The lowest BCUT2D eigenvalue weighted by Crippen LogP contribution is -2.33. The summed E-state index contributed by atoms with van der Waals surface area (Å²) in [5.74, 6) is 0.475. The van der Waals surface area contributed by atoms with Crippen LogP contribution in [0.15, 0.2) is 35.4 Å². The quantitative estimate of drug-likeness (QED) is 0.651. The van der Waals surface area contributed by atoms with E-state index >= 15 is 0 Å². The molecule has 0 radical (unpaired) electrons. The molecule has 30 heavy (non-hydrogen) atoms. The number of anilines is 1. The van der Waals surface area contributed by atoms with Gasteiger partial charge in [0.05, 0.1) is 13.2 Å². The number of piperidine rings is 1. The fourth-order valence-electron chi connectivity index (χ4n) is 3.60. The van der Waals surface area contributed by atoms with Crippen LogP contribution in [-0.2, 0) is 11.3 Å². The maximum Gasteiger partial charge on any atom is 0.273 e. The van der Waals surface area contributed by atoms with Gasteiger partial charge in [-0.3, -0.25) is 14.2 Å². The first-order chi connectivity index (χ1) is 14.5. The van der Waals surface area contributed by atoms with Crippen LogP contribution >= 0.6 is 11.3 Å². The molecule has 158 valence electrons. The molecule has 1 saturated heterocycles. The number of fused-ring (bicyclic) bond motifs is 1. The predicted octanol–water partition coefficient (Wildman–Crippen LogP) is 2.73. The summed E-state index contributed by atoms with van der Waals surface area (Å²) in [7, 11) is 1.61. The molecule has 1 amide bonds. The SMILES string of the molecule is COc1cccc([C@@H](C)NC(=O)Cn2cnc3nc(N4CCCCC4)sc3c2=O)c1. The Morgan fingerprint density at radius 1 is 1.30 bits per heavy atom. The third-order valence-electron chi connectivity index (χ3n) is 5.28. The number of nitrogens with zero attached hydrogens (tertiary/aromatic N) is 4. The lowest BCUT2D eigenvalue weighted by molar-refractivity contribution is -0.122. The minimum atomic E-state index is -0.255. The predicted molar refractivity (Wildman–Crippen MR) is 117 cm³/mol. The standard InChI is InChI=1S/C21H25N5O3S/c1-14(15-7-6-8-16(11-15)29-2)23-17(27)12-26-13-22-19-18(20(26)28)30-21(24-19)25-9-4-3-5-10-25/h6-8,11,13-14H,3-5,9-10,12H2,1-2H3,(H,23,27)/t14-/m1/s1. The van der Waals surface area contributed by atoms with Crippen molar-refractivity contribution in [1.82, 2.24) is 19.9 Å². The molecule has 3 heterocycles. The molecule has 0 bridgehead atoms. The van der Waals surface area contributed by atoms with Gasteiger partial charge >= 0.3 is 0 Å². The summed E-state index contributed by atoms with van der Waals surface area (Å²) in [6, 6.07) is 7.32. The summed E-state index contributed by atoms with van der Waals surface area (Å²) in [6.07, 6.45) is 4.91. The maximum atomic E-state index is 12.9. The van der Waals surface area contributed by atoms with Crippen LogP contribution in [0.25, 0.3) is 10.3 Å². The van der Waals surface area contributed by atoms with Gasteiger partial charge in [0.15, 0.2) is 10.8 Å². The van der Waals surface area contributed by atoms with E-state index in [2.05, 4.69) is 20.2 Å². The number of methoxy groups -OCH3 is 1. The molecule has 0 aliphatic carbocycles. The van der Waals surface area contributed by atoms with Crippen LogP contribution in [0, 0.1) is 0 Å². The molecule has 0 spiro atoms. The molecule has 1 atom stereocenters. The van der Waals surface area contributed by atoms with Crippen molar-refractivity contribution in [3.63, 3.8) is 0 Å². The fourth-order valence-corrected chi connectivity index (χ4v) is 4.62. The lowest BCUT2D eigenvalue weighted by Gasteiger charge is -2.25. The molecule has 1 N–H and O–H groups in total. The monoisotopic (exact) mass is 427 g/mol. The molecular formula is C21H25N5O3S. The Hall–Kier alpha value is -2.94. The van der Waals surface area contributed by atoms with E-state index in [4.69, 9.17) is 4.74 Å². The highest BCUT2D eigenvalue weighted by Gasteiger charge is 2.19. The highest BCUT2D eigenvalue weighted by Crippen LogP contribution is 2.27. The molecule has 4 rings (SSSR count). The number of carbonyl (C=O) groups excluding carboxylic acids is 1. The van der Waals surface area contributed by atoms with E-state index in [0.29, 0.717) is 10.3 Å². The van der Waals surface area contributed by atoms with Crippen molar-refractivity contribution < 1.29 is 9.53 Å². The van der Waals surface area contributed by atoms with Crippen molar-refractivity contribution in [3.05, 3.63) is 46.5 Å². The highest BCUT2D eigenvalue weighted by molar-refractivity contribution is 7.22. The zero-order chi connectivity index (χ0) is 21.1. The lowest BCUT2D eigenvalue weighted by atomic mass is 10.1. The van der Waals surface area contributed by atoms with Crippen molar-refractivity contribution in [2.24, 2.45) is 0 Å². The minimum absolute atomic E-state index is 0.0902. The maximum absolute atomic E-state index is 12.9. The normalized spacial score (nSPS) is 15.2. The number of aromatic nitrogens is 3. The molecule has 8 nitrogen and oxygen atoms in total. The molecule has 3 aromatic rings. The molecular weight excluding hydrogens is 402 g/mol. The summed E-state index contributed by atoms with van der Waals surface area (Å²) in [5.41, 5.74) is 1.15. The fraction of sp³-hybridized carbons (Fsp3) is 0.429. The van der Waals surface area contributed by atoms with Gasteiger partial charge in [0.1, 0.15) is 23.3 Å². The summed E-state index contributed by atoms with van der Waals surface area (Å²) in [4.78, 5) is 36.5. The van der Waals surface area contributed by atoms with Crippen LogP contribution in [0.3, 0.4) is 0 Å². The number of nitrogens with one attached hydrogen (secondary N) is 1. The van der Waals surface area contributed by atoms with Crippen molar-refractivity contribution in [1.29, 1.82) is 0 Å². The summed E-state index contributed by atoms with van der Waals surface area (Å²) >= 11 is 1.36. The van der Waals surface area contributed by atoms with E-state index in [1.54, 1.807) is 7.11 Å². The van der Waals surface area contributed by atoms with E-state index in [0.717, 1.165) is 42.4 Å². The van der Waals surface area contributed by atoms with Gasteiger partial charge in [0.25, 0.3) is 5.56 Å². The number of ether oxygens (including phenoxy) is 1. The molecule has 1 aliphatic rings. The van der Waals surface area contributed by atoms with Gasteiger partial charge in [-0.2, -0.15) is 4.98 Å². The Labute approximate surface area is 178 Å². The van der Waals surface area contributed by atoms with E-state index < -0.39 is 0 Å². The average molecular weight is 428 g/mol. The second-order valence-electron chi connectivity index (χ2n) is 7.44. The number of carbonyl (C=O) groups is 1. The summed E-state index contributed by atoms with van der Waals surface area (Å²) in [6.45, 7) is 3.72. The molecule has 9 heteroatoms. The Morgan fingerprint density at radius 2 is 2.10 bits per heavy atom. The van der Waals surface area contributed by atoms with Crippen molar-refractivity contribution >= 4 is 32.7 Å². The smallest absolute Gasteiger partial charge is 0.273 e. The number of thiazole rings is 1. The van der Waals surface area contributed by atoms with Crippen LogP contribution < -0.4 is 20.5 Å². The van der Waals surface area contributed by atoms with Crippen LogP contribution in [0.4, 0.5) is 5.13 Å². The molecule has 0 unspecified atom stereocenters. The van der Waals surface area contributed by atoms with Gasteiger partial charge < -0.3 is 15.0 Å². The van der Waals surface area contributed by atoms with Crippen LogP contribution in [0.2, 0.25) is 0 Å². The Morgan fingerprint density at radius 3 is 2.87 bits per heavy atom. The number of benzene rings is 1. The first kappa shape index (κ1) is 20.3.